The second-order valence-corrected chi connectivity index (χ2v) is 8.42. The van der Waals surface area contributed by atoms with E-state index in [2.05, 4.69) is 47.3 Å². The number of aryl methyl sites for hydroxylation is 1. The maximum Gasteiger partial charge on any atom is 0.169 e. The van der Waals surface area contributed by atoms with Crippen LogP contribution in [0.25, 0.3) is 33.4 Å². The Kier molecular flexibility index (Phi) is 5.87. The Labute approximate surface area is 199 Å². The Hall–Kier alpha value is -4.32. The lowest BCUT2D eigenvalue weighted by atomic mass is 10.0. The molecule has 2 aromatic carbocycles. The third-order valence-corrected chi connectivity index (χ3v) is 5.94. The zero-order valence-electron chi connectivity index (χ0n) is 19.2. The van der Waals surface area contributed by atoms with Crippen LogP contribution in [-0.2, 0) is 0 Å². The van der Waals surface area contributed by atoms with Crippen molar-refractivity contribution in [1.29, 1.82) is 0 Å². The number of nitrogens with zero attached hydrogens (tertiary/aromatic N) is 4. The van der Waals surface area contributed by atoms with Crippen molar-refractivity contribution in [2.75, 3.05) is 17.6 Å². The Morgan fingerprint density at radius 1 is 0.824 bits per heavy atom. The average Bonchev–Trinajstić information content (AvgIpc) is 2.88. The molecule has 1 atom stereocenters. The first-order valence-electron chi connectivity index (χ1n) is 11.3. The van der Waals surface area contributed by atoms with Crippen molar-refractivity contribution in [2.24, 2.45) is 0 Å². The first-order chi connectivity index (χ1) is 16.6. The summed E-state index contributed by atoms with van der Waals surface area (Å²) in [6.07, 6.45) is 3.63. The van der Waals surface area contributed by atoms with E-state index in [4.69, 9.17) is 15.7 Å². The third kappa shape index (κ3) is 4.30. The summed E-state index contributed by atoms with van der Waals surface area (Å²) in [6, 6.07) is 24.2. The monoisotopic (exact) mass is 446 g/mol. The van der Waals surface area contributed by atoms with E-state index in [1.54, 1.807) is 6.20 Å². The van der Waals surface area contributed by atoms with Crippen LogP contribution in [0.5, 0.6) is 0 Å². The van der Waals surface area contributed by atoms with E-state index >= 15 is 0 Å². The van der Waals surface area contributed by atoms with Crippen molar-refractivity contribution >= 4 is 22.5 Å². The van der Waals surface area contributed by atoms with Crippen molar-refractivity contribution in [1.82, 2.24) is 19.9 Å². The molecule has 0 aliphatic carbocycles. The molecule has 0 amide bonds. The van der Waals surface area contributed by atoms with Crippen LogP contribution in [0, 0.1) is 6.92 Å². The number of fused-ring (bicyclic) bond motifs is 1. The third-order valence-electron chi connectivity index (χ3n) is 5.94. The first-order valence-corrected chi connectivity index (χ1v) is 11.3. The molecule has 1 unspecified atom stereocenters. The summed E-state index contributed by atoms with van der Waals surface area (Å²) in [5.41, 5.74) is 13.0. The van der Waals surface area contributed by atoms with E-state index in [-0.39, 0.29) is 5.92 Å². The summed E-state index contributed by atoms with van der Waals surface area (Å²) >= 11 is 0. The molecule has 168 valence electrons. The van der Waals surface area contributed by atoms with Crippen LogP contribution in [0.3, 0.4) is 0 Å². The topological polar surface area (TPSA) is 89.6 Å². The van der Waals surface area contributed by atoms with E-state index in [0.717, 1.165) is 39.1 Å². The molecule has 5 rings (SSSR count). The zero-order chi connectivity index (χ0) is 23.5. The van der Waals surface area contributed by atoms with Crippen LogP contribution in [0.2, 0.25) is 0 Å². The number of nitrogens with one attached hydrogen (secondary N) is 1. The molecule has 0 aliphatic heterocycles. The minimum atomic E-state index is 0.186. The summed E-state index contributed by atoms with van der Waals surface area (Å²) in [5, 5.41) is 4.46. The summed E-state index contributed by atoms with van der Waals surface area (Å²) in [5.74, 6) is 1.13. The smallest absolute Gasteiger partial charge is 0.169 e. The predicted octanol–water partition coefficient (Wildman–Crippen LogP) is 5.86. The van der Waals surface area contributed by atoms with Crippen LogP contribution in [-0.4, -0.2) is 26.5 Å². The Morgan fingerprint density at radius 3 is 2.41 bits per heavy atom. The lowest BCUT2D eigenvalue weighted by molar-refractivity contribution is 0.761. The van der Waals surface area contributed by atoms with Gasteiger partial charge in [0, 0.05) is 47.1 Å². The minimum absolute atomic E-state index is 0.186. The van der Waals surface area contributed by atoms with Crippen LogP contribution in [0.15, 0.2) is 85.2 Å². The van der Waals surface area contributed by atoms with Gasteiger partial charge in [0.25, 0.3) is 0 Å². The molecule has 3 heterocycles. The van der Waals surface area contributed by atoms with Crippen molar-refractivity contribution in [3.8, 4) is 22.5 Å². The Bertz CT molecular complexity index is 1450. The number of benzene rings is 2. The molecule has 3 aromatic heterocycles. The quantitative estimate of drug-likeness (QED) is 0.340. The molecule has 0 aliphatic rings. The lowest BCUT2D eigenvalue weighted by Crippen LogP contribution is -2.15. The van der Waals surface area contributed by atoms with Gasteiger partial charge in [-0.3, -0.25) is 9.97 Å². The zero-order valence-corrected chi connectivity index (χ0v) is 19.2. The van der Waals surface area contributed by atoms with Crippen LogP contribution in [0.1, 0.15) is 24.1 Å². The van der Waals surface area contributed by atoms with E-state index in [1.165, 1.54) is 5.56 Å². The normalized spacial score (nSPS) is 11.9. The van der Waals surface area contributed by atoms with Gasteiger partial charge in [-0.2, -0.15) is 0 Å². The molecule has 0 fully saturated rings. The van der Waals surface area contributed by atoms with Gasteiger partial charge in [-0.05, 0) is 36.8 Å². The minimum Gasteiger partial charge on any atom is -0.381 e. The van der Waals surface area contributed by atoms with E-state index in [1.807, 2.05) is 60.8 Å². The largest absolute Gasteiger partial charge is 0.381 e. The number of rotatable bonds is 6. The lowest BCUT2D eigenvalue weighted by Gasteiger charge is -2.17. The standard InChI is InChI=1S/C28H26N6/c1-18-8-6-15-31-24(18)19(2)17-32-28-27(29)33-25(20-9-4-3-5-10-20)26(34-28)22-12-13-23-21(16-22)11-7-14-30-23/h3-16,19H,17H2,1-2H3,(H2,29,33)(H,32,34). The second kappa shape index (κ2) is 9.27. The molecular weight excluding hydrogens is 420 g/mol. The number of anilines is 2. The summed E-state index contributed by atoms with van der Waals surface area (Å²) in [6.45, 7) is 4.86. The van der Waals surface area contributed by atoms with Crippen molar-refractivity contribution in [3.63, 3.8) is 0 Å². The molecule has 0 saturated carbocycles. The van der Waals surface area contributed by atoms with Gasteiger partial charge in [0.2, 0.25) is 0 Å². The number of aromatic nitrogens is 4. The average molecular weight is 447 g/mol. The maximum absolute atomic E-state index is 6.39. The summed E-state index contributed by atoms with van der Waals surface area (Å²) in [4.78, 5) is 18.8. The molecule has 34 heavy (non-hydrogen) atoms. The SMILES string of the molecule is Cc1cccnc1C(C)CNc1nc(-c2ccc3ncccc3c2)c(-c2ccccc2)nc1N. The van der Waals surface area contributed by atoms with Gasteiger partial charge >= 0.3 is 0 Å². The highest BCUT2D eigenvalue weighted by molar-refractivity contribution is 5.88. The predicted molar refractivity (Wildman–Crippen MR) is 138 cm³/mol. The molecule has 6 nitrogen and oxygen atoms in total. The van der Waals surface area contributed by atoms with Gasteiger partial charge in [-0.1, -0.05) is 55.5 Å². The molecular formula is C28H26N6. The molecule has 0 saturated heterocycles. The van der Waals surface area contributed by atoms with Gasteiger partial charge in [0.1, 0.15) is 0 Å². The highest BCUT2D eigenvalue weighted by Gasteiger charge is 2.17. The Morgan fingerprint density at radius 2 is 1.59 bits per heavy atom. The van der Waals surface area contributed by atoms with E-state index < -0.39 is 0 Å². The highest BCUT2D eigenvalue weighted by Crippen LogP contribution is 2.33. The summed E-state index contributed by atoms with van der Waals surface area (Å²) in [7, 11) is 0. The van der Waals surface area contributed by atoms with Gasteiger partial charge in [0.05, 0.1) is 16.9 Å². The molecule has 0 spiro atoms. The highest BCUT2D eigenvalue weighted by atomic mass is 15.1. The van der Waals surface area contributed by atoms with Crippen LogP contribution in [0.4, 0.5) is 11.6 Å². The maximum atomic E-state index is 6.39. The number of pyridine rings is 2. The van der Waals surface area contributed by atoms with Crippen LogP contribution < -0.4 is 11.1 Å². The number of hydrogen-bond acceptors (Lipinski definition) is 6. The van der Waals surface area contributed by atoms with Gasteiger partial charge in [-0.15, -0.1) is 0 Å². The van der Waals surface area contributed by atoms with Gasteiger partial charge < -0.3 is 11.1 Å². The molecule has 0 radical (unpaired) electrons. The van der Waals surface area contributed by atoms with Crippen molar-refractivity contribution in [2.45, 2.75) is 19.8 Å². The number of nitrogen functional groups attached to an aromatic ring is 1. The fourth-order valence-electron chi connectivity index (χ4n) is 4.16. The molecule has 6 heteroatoms. The molecule has 0 bridgehead atoms. The molecule has 5 aromatic rings. The fourth-order valence-corrected chi connectivity index (χ4v) is 4.16. The second-order valence-electron chi connectivity index (χ2n) is 8.42. The first kappa shape index (κ1) is 21.5. The number of hydrogen-bond donors (Lipinski definition) is 2. The van der Waals surface area contributed by atoms with E-state index in [0.29, 0.717) is 18.2 Å². The van der Waals surface area contributed by atoms with Crippen molar-refractivity contribution < 1.29 is 0 Å². The van der Waals surface area contributed by atoms with E-state index in [9.17, 15) is 0 Å². The fraction of sp³-hybridized carbons (Fsp3) is 0.143. The van der Waals surface area contributed by atoms with Crippen LogP contribution >= 0.6 is 0 Å². The summed E-state index contributed by atoms with van der Waals surface area (Å²) < 4.78 is 0. The Balaban J connectivity index is 1.55. The van der Waals surface area contributed by atoms with Gasteiger partial charge in [-0.25, -0.2) is 9.97 Å². The molecule has 3 N–H and O–H groups in total. The number of nitrogens with two attached hydrogens (primary N) is 1. The van der Waals surface area contributed by atoms with Crippen molar-refractivity contribution in [3.05, 3.63) is 96.4 Å². The van der Waals surface area contributed by atoms with Gasteiger partial charge in [0.15, 0.2) is 11.6 Å².